The summed E-state index contributed by atoms with van der Waals surface area (Å²) >= 11 is 0. The number of aromatic nitrogens is 1. The Morgan fingerprint density at radius 3 is 2.52 bits per heavy atom. The molecule has 108 valence electrons. The number of benzene rings is 1. The van der Waals surface area contributed by atoms with Crippen LogP contribution in [0, 0.1) is 6.92 Å². The minimum absolute atomic E-state index is 0.426. The van der Waals surface area contributed by atoms with Crippen LogP contribution >= 0.6 is 0 Å². The van der Waals surface area contributed by atoms with Gasteiger partial charge in [-0.25, -0.2) is 4.79 Å². The van der Waals surface area contributed by atoms with Crippen LogP contribution in [0.5, 0.6) is 0 Å². The number of carbonyl (C=O) groups is 1. The molecule has 0 aliphatic heterocycles. The van der Waals surface area contributed by atoms with Crippen LogP contribution in [0.1, 0.15) is 22.4 Å². The predicted molar refractivity (Wildman–Crippen MR) is 81.1 cm³/mol. The van der Waals surface area contributed by atoms with Gasteiger partial charge in [0.1, 0.15) is 0 Å². The van der Waals surface area contributed by atoms with Crippen LogP contribution < -0.4 is 0 Å². The highest BCUT2D eigenvalue weighted by Crippen LogP contribution is 2.12. The molecule has 21 heavy (non-hydrogen) atoms. The molecule has 2 N–H and O–H groups in total. The van der Waals surface area contributed by atoms with Gasteiger partial charge >= 0.3 is 5.97 Å². The van der Waals surface area contributed by atoms with Gasteiger partial charge in [0.05, 0.1) is 5.69 Å². The Bertz CT molecular complexity index is 660. The maximum atomic E-state index is 10.5. The van der Waals surface area contributed by atoms with E-state index in [0.717, 1.165) is 24.5 Å². The van der Waals surface area contributed by atoms with E-state index in [0.29, 0.717) is 5.69 Å². The molecular weight excluding hydrogens is 266 g/mol. The monoisotopic (exact) mass is 283 g/mol. The second-order valence-corrected chi connectivity index (χ2v) is 4.85. The molecule has 0 fully saturated rings. The Kier molecular flexibility index (Phi) is 4.72. The third-order valence-electron chi connectivity index (χ3n) is 3.30. The third-order valence-corrected chi connectivity index (χ3v) is 3.30. The molecule has 0 amide bonds. The van der Waals surface area contributed by atoms with Crippen LogP contribution in [-0.4, -0.2) is 21.2 Å². The highest BCUT2D eigenvalue weighted by atomic mass is 16.4. The number of carboxylic acid groups (broad SMARTS) is 1. The molecule has 0 aliphatic rings. The number of aryl methyl sites for hydroxylation is 3. The topological polar surface area (TPSA) is 70.4 Å². The fourth-order valence-corrected chi connectivity index (χ4v) is 2.04. The Labute approximate surface area is 123 Å². The molecule has 2 aromatic rings. The van der Waals surface area contributed by atoms with E-state index in [9.17, 15) is 4.79 Å². The molecule has 0 aliphatic carbocycles. The van der Waals surface area contributed by atoms with Gasteiger partial charge in [0.25, 0.3) is 0 Å². The maximum Gasteiger partial charge on any atom is 0.371 e. The van der Waals surface area contributed by atoms with E-state index >= 15 is 0 Å². The van der Waals surface area contributed by atoms with Crippen molar-refractivity contribution < 1.29 is 15.0 Å². The van der Waals surface area contributed by atoms with Crippen LogP contribution in [0.3, 0.4) is 0 Å². The quantitative estimate of drug-likeness (QED) is 0.653. The van der Waals surface area contributed by atoms with Crippen molar-refractivity contribution in [2.24, 2.45) is 0 Å². The van der Waals surface area contributed by atoms with E-state index in [1.54, 1.807) is 12.3 Å². The summed E-state index contributed by atoms with van der Waals surface area (Å²) in [6.45, 7) is 2.09. The third kappa shape index (κ3) is 4.18. The maximum absolute atomic E-state index is 10.5. The van der Waals surface area contributed by atoms with Gasteiger partial charge in [-0.3, -0.25) is 4.98 Å². The lowest BCUT2D eigenvalue weighted by Crippen LogP contribution is -1.99. The lowest BCUT2D eigenvalue weighted by molar-refractivity contribution is -0.135. The van der Waals surface area contributed by atoms with Gasteiger partial charge in [-0.2, -0.15) is 0 Å². The standard InChI is InChI=1S/C17H17NO3/c1-12-4-2-3-5-14(12)8-6-13-7-9-15(18-11-13)10-16(19)17(20)21/h2-5,7,9-11,19H,6,8H2,1H3,(H,20,21)/b16-10-. The summed E-state index contributed by atoms with van der Waals surface area (Å²) in [5, 5.41) is 17.7. The summed E-state index contributed by atoms with van der Waals surface area (Å²) in [7, 11) is 0. The smallest absolute Gasteiger partial charge is 0.371 e. The molecular formula is C17H17NO3. The summed E-state index contributed by atoms with van der Waals surface area (Å²) in [6, 6.07) is 11.9. The fraction of sp³-hybridized carbons (Fsp3) is 0.176. The first kappa shape index (κ1) is 14.8. The lowest BCUT2D eigenvalue weighted by atomic mass is 10.0. The van der Waals surface area contributed by atoms with Crippen LogP contribution in [0.25, 0.3) is 6.08 Å². The van der Waals surface area contributed by atoms with Gasteiger partial charge in [-0.05, 0) is 42.5 Å². The summed E-state index contributed by atoms with van der Waals surface area (Å²) in [6.07, 6.45) is 4.64. The largest absolute Gasteiger partial charge is 0.502 e. The van der Waals surface area contributed by atoms with Crippen LogP contribution in [0.4, 0.5) is 0 Å². The van der Waals surface area contributed by atoms with E-state index in [1.165, 1.54) is 11.1 Å². The molecule has 4 nitrogen and oxygen atoms in total. The van der Waals surface area contributed by atoms with Crippen LogP contribution in [0.2, 0.25) is 0 Å². The summed E-state index contributed by atoms with van der Waals surface area (Å²) < 4.78 is 0. The number of hydrogen-bond donors (Lipinski definition) is 2. The fourth-order valence-electron chi connectivity index (χ4n) is 2.04. The molecule has 0 unspecified atom stereocenters. The number of carboxylic acids is 1. The SMILES string of the molecule is Cc1ccccc1CCc1ccc(/C=C(\O)C(=O)O)nc1. The molecule has 2 rings (SSSR count). The lowest BCUT2D eigenvalue weighted by Gasteiger charge is -2.05. The molecule has 1 aromatic heterocycles. The van der Waals surface area contributed by atoms with E-state index in [2.05, 4.69) is 24.0 Å². The highest BCUT2D eigenvalue weighted by Gasteiger charge is 2.04. The van der Waals surface area contributed by atoms with Crippen molar-refractivity contribution in [3.63, 3.8) is 0 Å². The number of rotatable bonds is 5. The first-order chi connectivity index (χ1) is 10.1. The summed E-state index contributed by atoms with van der Waals surface area (Å²) in [4.78, 5) is 14.7. The minimum atomic E-state index is -1.36. The molecule has 4 heteroatoms. The Balaban J connectivity index is 2.02. The molecule has 0 saturated heterocycles. The zero-order valence-corrected chi connectivity index (χ0v) is 11.8. The number of aliphatic hydroxyl groups is 1. The van der Waals surface area contributed by atoms with Gasteiger partial charge in [0.2, 0.25) is 5.76 Å². The van der Waals surface area contributed by atoms with Crippen molar-refractivity contribution in [2.45, 2.75) is 19.8 Å². The normalized spacial score (nSPS) is 11.4. The molecule has 0 spiro atoms. The second-order valence-electron chi connectivity index (χ2n) is 4.85. The Morgan fingerprint density at radius 2 is 1.90 bits per heavy atom. The van der Waals surface area contributed by atoms with E-state index < -0.39 is 11.7 Å². The van der Waals surface area contributed by atoms with E-state index in [4.69, 9.17) is 10.2 Å². The Morgan fingerprint density at radius 1 is 1.14 bits per heavy atom. The molecule has 1 heterocycles. The summed E-state index contributed by atoms with van der Waals surface area (Å²) in [5.41, 5.74) is 4.08. The van der Waals surface area contributed by atoms with Crippen molar-refractivity contribution in [2.75, 3.05) is 0 Å². The van der Waals surface area contributed by atoms with Gasteiger partial charge in [0.15, 0.2) is 0 Å². The van der Waals surface area contributed by atoms with Crippen molar-refractivity contribution in [3.05, 3.63) is 70.7 Å². The number of aliphatic hydroxyl groups excluding tert-OH is 1. The van der Waals surface area contributed by atoms with Crippen molar-refractivity contribution in [1.82, 2.24) is 4.98 Å². The zero-order chi connectivity index (χ0) is 15.2. The van der Waals surface area contributed by atoms with Gasteiger partial charge < -0.3 is 10.2 Å². The number of hydrogen-bond acceptors (Lipinski definition) is 3. The van der Waals surface area contributed by atoms with Crippen molar-refractivity contribution in [1.29, 1.82) is 0 Å². The first-order valence-electron chi connectivity index (χ1n) is 6.69. The molecule has 0 atom stereocenters. The average molecular weight is 283 g/mol. The molecule has 0 saturated carbocycles. The van der Waals surface area contributed by atoms with Gasteiger partial charge in [-0.1, -0.05) is 30.3 Å². The van der Waals surface area contributed by atoms with Crippen molar-refractivity contribution >= 4 is 12.0 Å². The van der Waals surface area contributed by atoms with E-state index in [1.807, 2.05) is 18.2 Å². The zero-order valence-electron chi connectivity index (χ0n) is 11.8. The van der Waals surface area contributed by atoms with Gasteiger partial charge in [0, 0.05) is 12.3 Å². The predicted octanol–water partition coefficient (Wildman–Crippen LogP) is 3.16. The molecule has 0 bridgehead atoms. The summed E-state index contributed by atoms with van der Waals surface area (Å²) in [5.74, 6) is -2.07. The Hall–Kier alpha value is -2.62. The van der Waals surface area contributed by atoms with Crippen LogP contribution in [-0.2, 0) is 17.6 Å². The molecule has 0 radical (unpaired) electrons. The highest BCUT2D eigenvalue weighted by molar-refractivity contribution is 5.88. The van der Waals surface area contributed by atoms with Crippen LogP contribution in [0.15, 0.2) is 48.4 Å². The van der Waals surface area contributed by atoms with Gasteiger partial charge in [-0.15, -0.1) is 0 Å². The minimum Gasteiger partial charge on any atom is -0.502 e. The average Bonchev–Trinajstić information content (AvgIpc) is 2.48. The number of nitrogens with zero attached hydrogens (tertiary/aromatic N) is 1. The van der Waals surface area contributed by atoms with Crippen molar-refractivity contribution in [3.8, 4) is 0 Å². The number of pyridine rings is 1. The number of aliphatic carboxylic acids is 1. The molecule has 1 aromatic carbocycles. The second kappa shape index (κ2) is 6.70. The van der Waals surface area contributed by atoms with E-state index in [-0.39, 0.29) is 0 Å². The first-order valence-corrected chi connectivity index (χ1v) is 6.69.